The molecule has 24 heavy (non-hydrogen) atoms. The molecule has 6 rings (SSSR count). The van der Waals surface area contributed by atoms with E-state index in [-0.39, 0.29) is 0 Å². The first-order valence-corrected chi connectivity index (χ1v) is 10.4. The summed E-state index contributed by atoms with van der Waals surface area (Å²) in [5.41, 5.74) is 0.469. The van der Waals surface area contributed by atoms with Crippen molar-refractivity contribution in [3.63, 3.8) is 0 Å². The monoisotopic (exact) mass is 328 g/mol. The van der Waals surface area contributed by atoms with Gasteiger partial charge in [0, 0.05) is 12.4 Å². The lowest BCUT2D eigenvalue weighted by molar-refractivity contribution is -0.169. The molecule has 0 amide bonds. The van der Waals surface area contributed by atoms with Crippen molar-refractivity contribution < 1.29 is 4.74 Å². The van der Waals surface area contributed by atoms with Crippen molar-refractivity contribution >= 4 is 0 Å². The Labute approximate surface area is 146 Å². The normalized spacial score (nSPS) is 40.1. The number of aromatic nitrogens is 2. The minimum absolute atomic E-state index is 0.406. The van der Waals surface area contributed by atoms with Gasteiger partial charge in [0.15, 0.2) is 0 Å². The fourth-order valence-electron chi connectivity index (χ4n) is 6.97. The number of imidazole rings is 1. The van der Waals surface area contributed by atoms with Crippen LogP contribution < -0.4 is 0 Å². The smallest absolute Gasteiger partial charge is 0.0946 e. The molecule has 0 spiro atoms. The second-order valence-electron chi connectivity index (χ2n) is 9.42. The fraction of sp³-hybridized carbons (Fsp3) is 0.857. The Bertz CT molecular complexity index is 511. The van der Waals surface area contributed by atoms with E-state index >= 15 is 0 Å². The SMILES string of the molecule is c1cn(CC(OC2CCCCC2)C23CC4CC(CC(C4)C2)C3)cn1. The van der Waals surface area contributed by atoms with E-state index in [2.05, 4.69) is 15.7 Å². The largest absolute Gasteiger partial charge is 0.373 e. The van der Waals surface area contributed by atoms with Gasteiger partial charge in [-0.3, -0.25) is 0 Å². The topological polar surface area (TPSA) is 27.1 Å². The average molecular weight is 329 g/mol. The van der Waals surface area contributed by atoms with Gasteiger partial charge >= 0.3 is 0 Å². The van der Waals surface area contributed by atoms with Gasteiger partial charge in [-0.1, -0.05) is 19.3 Å². The Morgan fingerprint density at radius 3 is 2.25 bits per heavy atom. The molecule has 1 aromatic rings. The summed E-state index contributed by atoms with van der Waals surface area (Å²) >= 11 is 0. The van der Waals surface area contributed by atoms with Gasteiger partial charge in [-0.25, -0.2) is 4.98 Å². The van der Waals surface area contributed by atoms with Crippen LogP contribution in [0.25, 0.3) is 0 Å². The zero-order valence-corrected chi connectivity index (χ0v) is 14.9. The second kappa shape index (κ2) is 6.16. The van der Waals surface area contributed by atoms with Crippen molar-refractivity contribution in [2.24, 2.45) is 23.2 Å². The number of ether oxygens (including phenoxy) is 1. The van der Waals surface area contributed by atoms with Crippen molar-refractivity contribution in [2.75, 3.05) is 0 Å². The lowest BCUT2D eigenvalue weighted by Crippen LogP contribution is -2.54. The van der Waals surface area contributed by atoms with Crippen LogP contribution in [0, 0.1) is 23.2 Å². The van der Waals surface area contributed by atoms with Gasteiger partial charge < -0.3 is 9.30 Å². The summed E-state index contributed by atoms with van der Waals surface area (Å²) in [4.78, 5) is 4.28. The van der Waals surface area contributed by atoms with E-state index in [1.807, 2.05) is 12.5 Å². The van der Waals surface area contributed by atoms with E-state index < -0.39 is 0 Å². The standard InChI is InChI=1S/C21H32N2O/c1-2-4-19(5-3-1)24-20(14-23-7-6-22-15-23)21-11-16-8-17(12-21)10-18(9-16)13-21/h6-7,15-20H,1-5,8-14H2. The minimum Gasteiger partial charge on any atom is -0.373 e. The molecule has 3 heteroatoms. The highest BCUT2D eigenvalue weighted by Gasteiger charge is 2.55. The zero-order valence-electron chi connectivity index (χ0n) is 14.9. The molecule has 5 aliphatic rings. The maximum absolute atomic E-state index is 6.90. The first kappa shape index (κ1) is 15.4. The summed E-state index contributed by atoms with van der Waals surface area (Å²) in [7, 11) is 0. The van der Waals surface area contributed by atoms with Crippen molar-refractivity contribution in [3.8, 4) is 0 Å². The Hall–Kier alpha value is -0.830. The summed E-state index contributed by atoms with van der Waals surface area (Å²) in [6.07, 6.45) is 22.5. The van der Waals surface area contributed by atoms with Gasteiger partial charge in [0.25, 0.3) is 0 Å². The van der Waals surface area contributed by atoms with Crippen LogP contribution >= 0.6 is 0 Å². The predicted molar refractivity (Wildman–Crippen MR) is 94.6 cm³/mol. The predicted octanol–water partition coefficient (Wildman–Crippen LogP) is 4.82. The molecule has 0 N–H and O–H groups in total. The van der Waals surface area contributed by atoms with E-state index in [0.717, 1.165) is 24.3 Å². The maximum Gasteiger partial charge on any atom is 0.0946 e. The minimum atomic E-state index is 0.406. The highest BCUT2D eigenvalue weighted by molar-refractivity contribution is 5.05. The van der Waals surface area contributed by atoms with Crippen molar-refractivity contribution in [3.05, 3.63) is 18.7 Å². The van der Waals surface area contributed by atoms with Crippen LogP contribution in [0.5, 0.6) is 0 Å². The Morgan fingerprint density at radius 1 is 1.00 bits per heavy atom. The lowest BCUT2D eigenvalue weighted by Gasteiger charge is -2.59. The molecule has 5 saturated carbocycles. The molecule has 0 saturated heterocycles. The third-order valence-electron chi connectivity index (χ3n) is 7.61. The zero-order chi connectivity index (χ0) is 16.0. The second-order valence-corrected chi connectivity index (χ2v) is 9.42. The van der Waals surface area contributed by atoms with Crippen molar-refractivity contribution in [2.45, 2.75) is 89.4 Å². The summed E-state index contributed by atoms with van der Waals surface area (Å²) in [5, 5.41) is 0. The van der Waals surface area contributed by atoms with Gasteiger partial charge in [-0.2, -0.15) is 0 Å². The summed E-state index contributed by atoms with van der Waals surface area (Å²) in [6, 6.07) is 0. The summed E-state index contributed by atoms with van der Waals surface area (Å²) < 4.78 is 9.17. The van der Waals surface area contributed by atoms with Crippen LogP contribution in [-0.4, -0.2) is 21.8 Å². The quantitative estimate of drug-likeness (QED) is 0.775. The fourth-order valence-corrected chi connectivity index (χ4v) is 6.97. The number of nitrogens with zero attached hydrogens (tertiary/aromatic N) is 2. The summed E-state index contributed by atoms with van der Waals surface area (Å²) in [6.45, 7) is 1.02. The molecule has 3 nitrogen and oxygen atoms in total. The van der Waals surface area contributed by atoms with E-state index in [0.29, 0.717) is 17.6 Å². The van der Waals surface area contributed by atoms with E-state index in [4.69, 9.17) is 4.74 Å². The number of hydrogen-bond acceptors (Lipinski definition) is 2. The highest BCUT2D eigenvalue weighted by atomic mass is 16.5. The molecule has 5 aliphatic carbocycles. The number of hydrogen-bond donors (Lipinski definition) is 0. The van der Waals surface area contributed by atoms with Gasteiger partial charge in [-0.15, -0.1) is 0 Å². The maximum atomic E-state index is 6.90. The number of rotatable bonds is 5. The van der Waals surface area contributed by atoms with E-state index in [1.54, 1.807) is 0 Å². The van der Waals surface area contributed by atoms with Gasteiger partial charge in [-0.05, 0) is 74.5 Å². The molecule has 132 valence electrons. The summed E-state index contributed by atoms with van der Waals surface area (Å²) in [5.74, 6) is 2.99. The van der Waals surface area contributed by atoms with E-state index in [9.17, 15) is 0 Å². The third kappa shape index (κ3) is 2.83. The van der Waals surface area contributed by atoms with Crippen LogP contribution in [0.15, 0.2) is 18.7 Å². The molecule has 0 aliphatic heterocycles. The molecule has 0 radical (unpaired) electrons. The van der Waals surface area contributed by atoms with Gasteiger partial charge in [0.2, 0.25) is 0 Å². The molecule has 0 aromatic carbocycles. The van der Waals surface area contributed by atoms with Crippen LogP contribution in [0.4, 0.5) is 0 Å². The third-order valence-corrected chi connectivity index (χ3v) is 7.61. The van der Waals surface area contributed by atoms with Gasteiger partial charge in [0.1, 0.15) is 0 Å². The van der Waals surface area contributed by atoms with Gasteiger partial charge in [0.05, 0.1) is 25.1 Å². The Morgan fingerprint density at radius 2 is 1.67 bits per heavy atom. The highest BCUT2D eigenvalue weighted by Crippen LogP contribution is 2.62. The molecule has 4 bridgehead atoms. The van der Waals surface area contributed by atoms with Crippen LogP contribution in [0.3, 0.4) is 0 Å². The molecule has 5 fully saturated rings. The van der Waals surface area contributed by atoms with Crippen LogP contribution in [0.2, 0.25) is 0 Å². The molecule has 1 unspecified atom stereocenters. The molecule has 1 atom stereocenters. The van der Waals surface area contributed by atoms with Crippen molar-refractivity contribution in [1.29, 1.82) is 0 Å². The Balaban J connectivity index is 1.39. The molecular weight excluding hydrogens is 296 g/mol. The average Bonchev–Trinajstić information content (AvgIpc) is 3.07. The first-order valence-electron chi connectivity index (χ1n) is 10.4. The van der Waals surface area contributed by atoms with Crippen molar-refractivity contribution in [1.82, 2.24) is 9.55 Å². The van der Waals surface area contributed by atoms with E-state index in [1.165, 1.54) is 70.6 Å². The molecule has 1 heterocycles. The molecule has 1 aromatic heterocycles. The van der Waals surface area contributed by atoms with Crippen LogP contribution in [0.1, 0.15) is 70.6 Å². The molecular formula is C21H32N2O. The first-order chi connectivity index (χ1) is 11.8. The lowest BCUT2D eigenvalue weighted by atomic mass is 9.48. The Kier molecular flexibility index (Phi) is 3.96. The van der Waals surface area contributed by atoms with Crippen LogP contribution in [-0.2, 0) is 11.3 Å².